The molecular formula is C26H27F3N2O4S. The minimum Gasteiger partial charge on any atom is -0.481 e. The fourth-order valence-electron chi connectivity index (χ4n) is 4.05. The Hall–Kier alpha value is -3.24. The smallest absolute Gasteiger partial charge is 0.417 e. The zero-order valence-electron chi connectivity index (χ0n) is 19.9. The summed E-state index contributed by atoms with van der Waals surface area (Å²) in [5.74, 6) is -1.03. The van der Waals surface area contributed by atoms with E-state index in [-0.39, 0.29) is 25.8 Å². The molecule has 36 heavy (non-hydrogen) atoms. The van der Waals surface area contributed by atoms with Gasteiger partial charge in [0, 0.05) is 31.4 Å². The Morgan fingerprint density at radius 3 is 2.47 bits per heavy atom. The maximum absolute atomic E-state index is 13.7. The summed E-state index contributed by atoms with van der Waals surface area (Å²) >= 11 is 0. The number of alkyl halides is 3. The van der Waals surface area contributed by atoms with Crippen LogP contribution in [0, 0.1) is 6.92 Å². The van der Waals surface area contributed by atoms with E-state index in [0.717, 1.165) is 39.2 Å². The van der Waals surface area contributed by atoms with E-state index >= 15 is 0 Å². The number of hydrogen-bond acceptors (Lipinski definition) is 4. The standard InChI is InChI=1S/C26H27F3N2O4S/c1-18-17-30-14-13-22(18)21-9-7-8-20(16-21)19(2)31(15-6-5-12-25(32)33)36(34,35)24-11-4-3-10-23(24)26(27,28)29/h3-4,7-11,13-14,16-17,19H,5-6,12,15H2,1-2H3,(H,32,33)/t19-/m0/s1. The number of unbranched alkanes of at least 4 members (excludes halogenated alkanes) is 1. The monoisotopic (exact) mass is 520 g/mol. The van der Waals surface area contributed by atoms with Crippen LogP contribution in [0.1, 0.15) is 48.9 Å². The Morgan fingerprint density at radius 1 is 1.08 bits per heavy atom. The molecule has 0 saturated carbocycles. The molecule has 3 aromatic rings. The van der Waals surface area contributed by atoms with E-state index in [9.17, 15) is 26.4 Å². The third kappa shape index (κ3) is 6.30. The second kappa shape index (κ2) is 11.2. The Morgan fingerprint density at radius 2 is 1.81 bits per heavy atom. The van der Waals surface area contributed by atoms with Crippen molar-refractivity contribution >= 4 is 16.0 Å². The Labute approximate surface area is 208 Å². The van der Waals surface area contributed by atoms with Gasteiger partial charge in [0.2, 0.25) is 10.0 Å². The zero-order valence-corrected chi connectivity index (χ0v) is 20.7. The highest BCUT2D eigenvalue weighted by molar-refractivity contribution is 7.89. The highest BCUT2D eigenvalue weighted by Crippen LogP contribution is 2.38. The van der Waals surface area contributed by atoms with Gasteiger partial charge in [0.05, 0.1) is 10.5 Å². The largest absolute Gasteiger partial charge is 0.481 e. The van der Waals surface area contributed by atoms with Crippen molar-refractivity contribution in [1.29, 1.82) is 0 Å². The lowest BCUT2D eigenvalue weighted by molar-refractivity contribution is -0.140. The van der Waals surface area contributed by atoms with E-state index < -0.39 is 38.7 Å². The van der Waals surface area contributed by atoms with Gasteiger partial charge in [-0.15, -0.1) is 0 Å². The molecule has 0 bridgehead atoms. The van der Waals surface area contributed by atoms with E-state index in [1.54, 1.807) is 31.5 Å². The topological polar surface area (TPSA) is 87.6 Å². The first-order valence-electron chi connectivity index (χ1n) is 11.3. The number of carboxylic acids is 1. The second-order valence-corrected chi connectivity index (χ2v) is 10.3. The SMILES string of the molecule is Cc1cnccc1-c1cccc([C@H](C)N(CCCCC(=O)O)S(=O)(=O)c2ccccc2C(F)(F)F)c1. The van der Waals surface area contributed by atoms with Crippen LogP contribution in [0.3, 0.4) is 0 Å². The Bertz CT molecular complexity index is 1330. The summed E-state index contributed by atoms with van der Waals surface area (Å²) in [5, 5.41) is 8.93. The van der Waals surface area contributed by atoms with Crippen LogP contribution in [0.2, 0.25) is 0 Å². The lowest BCUT2D eigenvalue weighted by atomic mass is 9.98. The predicted molar refractivity (Wildman–Crippen MR) is 130 cm³/mol. The van der Waals surface area contributed by atoms with Crippen LogP contribution in [0.25, 0.3) is 11.1 Å². The van der Waals surface area contributed by atoms with E-state index in [2.05, 4.69) is 4.98 Å². The molecule has 192 valence electrons. The molecule has 0 aliphatic heterocycles. The molecule has 0 saturated heterocycles. The fraction of sp³-hybridized carbons (Fsp3) is 0.308. The van der Waals surface area contributed by atoms with Gasteiger partial charge in [-0.3, -0.25) is 9.78 Å². The predicted octanol–water partition coefficient (Wildman–Crippen LogP) is 6.08. The number of aryl methyl sites for hydroxylation is 1. The number of halogens is 3. The summed E-state index contributed by atoms with van der Waals surface area (Å²) in [4.78, 5) is 14.2. The molecule has 3 rings (SSSR count). The minimum absolute atomic E-state index is 0.137. The summed E-state index contributed by atoms with van der Waals surface area (Å²) in [7, 11) is -4.59. The van der Waals surface area contributed by atoms with Crippen molar-refractivity contribution in [2.75, 3.05) is 6.54 Å². The lowest BCUT2D eigenvalue weighted by Gasteiger charge is -2.30. The lowest BCUT2D eigenvalue weighted by Crippen LogP contribution is -2.35. The summed E-state index contributed by atoms with van der Waals surface area (Å²) in [6.07, 6.45) is -1.32. The van der Waals surface area contributed by atoms with Gasteiger partial charge < -0.3 is 5.11 Å². The van der Waals surface area contributed by atoms with Gasteiger partial charge in [0.25, 0.3) is 0 Å². The van der Waals surface area contributed by atoms with Gasteiger partial charge in [-0.2, -0.15) is 17.5 Å². The average molecular weight is 521 g/mol. The molecule has 1 aromatic heterocycles. The third-order valence-electron chi connectivity index (χ3n) is 5.93. The number of carboxylic acid groups (broad SMARTS) is 1. The first-order valence-corrected chi connectivity index (χ1v) is 12.8. The van der Waals surface area contributed by atoms with Crippen molar-refractivity contribution in [2.24, 2.45) is 0 Å². The van der Waals surface area contributed by atoms with Gasteiger partial charge >= 0.3 is 12.1 Å². The van der Waals surface area contributed by atoms with Crippen LogP contribution in [0.4, 0.5) is 13.2 Å². The summed E-state index contributed by atoms with van der Waals surface area (Å²) in [5.41, 5.74) is 1.99. The number of pyridine rings is 1. The molecular weight excluding hydrogens is 493 g/mol. The molecule has 0 aliphatic rings. The molecule has 6 nitrogen and oxygen atoms in total. The van der Waals surface area contributed by atoms with E-state index in [0.29, 0.717) is 5.56 Å². The van der Waals surface area contributed by atoms with E-state index in [4.69, 9.17) is 5.11 Å². The van der Waals surface area contributed by atoms with Crippen LogP contribution in [0.5, 0.6) is 0 Å². The molecule has 0 unspecified atom stereocenters. The molecule has 0 amide bonds. The van der Waals surface area contributed by atoms with Crippen LogP contribution in [-0.4, -0.2) is 35.3 Å². The highest BCUT2D eigenvalue weighted by Gasteiger charge is 2.40. The number of sulfonamides is 1. The van der Waals surface area contributed by atoms with Crippen LogP contribution < -0.4 is 0 Å². The number of aliphatic carboxylic acids is 1. The number of aromatic nitrogens is 1. The number of carbonyl (C=O) groups is 1. The van der Waals surface area contributed by atoms with Crippen molar-refractivity contribution in [2.45, 2.75) is 50.2 Å². The maximum Gasteiger partial charge on any atom is 0.417 e. The van der Waals surface area contributed by atoms with Crippen molar-refractivity contribution in [3.63, 3.8) is 0 Å². The van der Waals surface area contributed by atoms with Crippen LogP contribution >= 0.6 is 0 Å². The van der Waals surface area contributed by atoms with E-state index in [1.807, 2.05) is 25.1 Å². The quantitative estimate of drug-likeness (QED) is 0.327. The van der Waals surface area contributed by atoms with Gasteiger partial charge in [0.1, 0.15) is 0 Å². The Kier molecular flexibility index (Phi) is 8.52. The number of hydrogen-bond donors (Lipinski definition) is 1. The molecule has 1 atom stereocenters. The summed E-state index contributed by atoms with van der Waals surface area (Å²) < 4.78 is 69.4. The minimum atomic E-state index is -4.86. The van der Waals surface area contributed by atoms with Crippen molar-refractivity contribution in [3.8, 4) is 11.1 Å². The third-order valence-corrected chi connectivity index (χ3v) is 7.96. The molecule has 0 fully saturated rings. The van der Waals surface area contributed by atoms with Crippen molar-refractivity contribution in [3.05, 3.63) is 83.7 Å². The number of benzene rings is 2. The Balaban J connectivity index is 2.05. The summed E-state index contributed by atoms with van der Waals surface area (Å²) in [6, 6.07) is 12.3. The van der Waals surface area contributed by atoms with Crippen LogP contribution in [0.15, 0.2) is 71.9 Å². The first kappa shape index (κ1) is 27.3. The van der Waals surface area contributed by atoms with Gasteiger partial charge in [-0.05, 0) is 73.2 Å². The van der Waals surface area contributed by atoms with Gasteiger partial charge in [-0.25, -0.2) is 8.42 Å². The molecule has 0 aliphatic carbocycles. The van der Waals surface area contributed by atoms with Crippen LogP contribution in [-0.2, 0) is 21.0 Å². The zero-order chi connectivity index (χ0) is 26.5. The molecule has 1 N–H and O–H groups in total. The fourth-order valence-corrected chi connectivity index (χ4v) is 5.92. The second-order valence-electron chi connectivity index (χ2n) is 8.45. The average Bonchev–Trinajstić information content (AvgIpc) is 2.83. The number of rotatable bonds is 10. The number of nitrogens with zero attached hydrogens (tertiary/aromatic N) is 2. The molecule has 0 spiro atoms. The maximum atomic E-state index is 13.7. The van der Waals surface area contributed by atoms with Gasteiger partial charge in [0.15, 0.2) is 0 Å². The molecule has 0 radical (unpaired) electrons. The first-order chi connectivity index (χ1) is 16.9. The van der Waals surface area contributed by atoms with Crippen molar-refractivity contribution in [1.82, 2.24) is 9.29 Å². The van der Waals surface area contributed by atoms with Gasteiger partial charge in [-0.1, -0.05) is 30.3 Å². The molecule has 10 heteroatoms. The molecule has 1 heterocycles. The normalized spacial score (nSPS) is 13.1. The highest BCUT2D eigenvalue weighted by atomic mass is 32.2. The summed E-state index contributed by atoms with van der Waals surface area (Å²) in [6.45, 7) is 3.37. The van der Waals surface area contributed by atoms with E-state index in [1.165, 1.54) is 6.07 Å². The molecule has 2 aromatic carbocycles. The van der Waals surface area contributed by atoms with Crippen molar-refractivity contribution < 1.29 is 31.5 Å².